The summed E-state index contributed by atoms with van der Waals surface area (Å²) >= 11 is 12.1. The minimum absolute atomic E-state index is 0.0480. The van der Waals surface area contributed by atoms with Gasteiger partial charge in [-0.05, 0) is 37.7 Å². The lowest BCUT2D eigenvalue weighted by Crippen LogP contribution is -2.45. The standard InChI is InChI=1S/C20H23Cl2N3O3/c1-4-25(12-18(26)23-15-9-5-6-11-17(15)28-3)13(2)20(27)24-16-10-7-8-14(21)19(16)22/h5-11,13H,4,12H2,1-3H3,(H,23,26)(H,24,27). The first kappa shape index (κ1) is 22.0. The minimum Gasteiger partial charge on any atom is -0.495 e. The maximum atomic E-state index is 12.6. The van der Waals surface area contributed by atoms with Gasteiger partial charge in [-0.3, -0.25) is 14.5 Å². The number of amides is 2. The summed E-state index contributed by atoms with van der Waals surface area (Å²) in [6.45, 7) is 4.17. The van der Waals surface area contributed by atoms with Crippen LogP contribution >= 0.6 is 23.2 Å². The van der Waals surface area contributed by atoms with E-state index in [1.807, 2.05) is 13.0 Å². The summed E-state index contributed by atoms with van der Waals surface area (Å²) < 4.78 is 5.23. The van der Waals surface area contributed by atoms with Crippen LogP contribution in [-0.2, 0) is 9.59 Å². The number of likely N-dealkylation sites (N-methyl/N-ethyl adjacent to an activating group) is 1. The van der Waals surface area contributed by atoms with Crippen molar-refractivity contribution in [3.8, 4) is 5.75 Å². The van der Waals surface area contributed by atoms with Gasteiger partial charge in [0, 0.05) is 0 Å². The molecule has 0 spiro atoms. The Morgan fingerprint density at radius 3 is 2.43 bits per heavy atom. The van der Waals surface area contributed by atoms with E-state index in [4.69, 9.17) is 27.9 Å². The molecular weight excluding hydrogens is 401 g/mol. The lowest BCUT2D eigenvalue weighted by Gasteiger charge is -2.26. The van der Waals surface area contributed by atoms with Gasteiger partial charge in [0.25, 0.3) is 0 Å². The van der Waals surface area contributed by atoms with Gasteiger partial charge in [-0.2, -0.15) is 0 Å². The predicted molar refractivity (Wildman–Crippen MR) is 113 cm³/mol. The third-order valence-corrected chi connectivity index (χ3v) is 5.09. The van der Waals surface area contributed by atoms with Crippen LogP contribution in [0.2, 0.25) is 10.0 Å². The minimum atomic E-state index is -0.552. The topological polar surface area (TPSA) is 70.7 Å². The number of carbonyl (C=O) groups is 2. The van der Waals surface area contributed by atoms with E-state index in [1.165, 1.54) is 7.11 Å². The Morgan fingerprint density at radius 2 is 1.75 bits per heavy atom. The van der Waals surface area contributed by atoms with Gasteiger partial charge in [-0.15, -0.1) is 0 Å². The number of nitrogens with one attached hydrogen (secondary N) is 2. The number of rotatable bonds is 8. The summed E-state index contributed by atoms with van der Waals surface area (Å²) in [5, 5.41) is 6.20. The maximum Gasteiger partial charge on any atom is 0.241 e. The third-order valence-electron chi connectivity index (χ3n) is 4.27. The second-order valence-corrected chi connectivity index (χ2v) is 6.86. The monoisotopic (exact) mass is 423 g/mol. The number of benzene rings is 2. The predicted octanol–water partition coefficient (Wildman–Crippen LogP) is 4.29. The third kappa shape index (κ3) is 5.61. The summed E-state index contributed by atoms with van der Waals surface area (Å²) in [6.07, 6.45) is 0. The molecule has 28 heavy (non-hydrogen) atoms. The van der Waals surface area contributed by atoms with Crippen LogP contribution < -0.4 is 15.4 Å². The molecule has 2 N–H and O–H groups in total. The number of ether oxygens (including phenoxy) is 1. The molecule has 150 valence electrons. The molecule has 0 bridgehead atoms. The molecule has 0 saturated carbocycles. The Bertz CT molecular complexity index is 845. The number of nitrogens with zero attached hydrogens (tertiary/aromatic N) is 1. The summed E-state index contributed by atoms with van der Waals surface area (Å²) in [7, 11) is 1.54. The first-order valence-electron chi connectivity index (χ1n) is 8.79. The van der Waals surface area contributed by atoms with E-state index in [-0.39, 0.29) is 23.4 Å². The van der Waals surface area contributed by atoms with Gasteiger partial charge in [0.2, 0.25) is 11.8 Å². The van der Waals surface area contributed by atoms with Crippen molar-refractivity contribution < 1.29 is 14.3 Å². The zero-order chi connectivity index (χ0) is 20.7. The van der Waals surface area contributed by atoms with Crippen molar-refractivity contribution in [2.75, 3.05) is 30.8 Å². The Hall–Kier alpha value is -2.28. The van der Waals surface area contributed by atoms with Gasteiger partial charge in [-0.25, -0.2) is 0 Å². The molecule has 1 unspecified atom stereocenters. The highest BCUT2D eigenvalue weighted by Gasteiger charge is 2.23. The number of hydrogen-bond donors (Lipinski definition) is 2. The molecule has 0 saturated heterocycles. The SMILES string of the molecule is CCN(CC(=O)Nc1ccccc1OC)C(C)C(=O)Nc1cccc(Cl)c1Cl. The van der Waals surface area contributed by atoms with Gasteiger partial charge >= 0.3 is 0 Å². The van der Waals surface area contributed by atoms with Crippen molar-refractivity contribution in [1.29, 1.82) is 0 Å². The maximum absolute atomic E-state index is 12.6. The summed E-state index contributed by atoms with van der Waals surface area (Å²) in [5.74, 6) is 0.0446. The smallest absolute Gasteiger partial charge is 0.241 e. The fourth-order valence-corrected chi connectivity index (χ4v) is 3.00. The molecule has 2 amide bonds. The highest BCUT2D eigenvalue weighted by Crippen LogP contribution is 2.29. The van der Waals surface area contributed by atoms with E-state index >= 15 is 0 Å². The van der Waals surface area contributed by atoms with Crippen LogP contribution in [0.4, 0.5) is 11.4 Å². The Balaban J connectivity index is 2.02. The number of para-hydroxylation sites is 2. The van der Waals surface area contributed by atoms with Crippen molar-refractivity contribution in [2.45, 2.75) is 19.9 Å². The van der Waals surface area contributed by atoms with Crippen LogP contribution in [0.15, 0.2) is 42.5 Å². The average Bonchev–Trinajstić information content (AvgIpc) is 2.69. The summed E-state index contributed by atoms with van der Waals surface area (Å²) in [5.41, 5.74) is 1.01. The molecule has 2 aromatic carbocycles. The van der Waals surface area contributed by atoms with Gasteiger partial charge in [0.15, 0.2) is 0 Å². The normalized spacial score (nSPS) is 11.8. The molecule has 0 aliphatic rings. The highest BCUT2D eigenvalue weighted by molar-refractivity contribution is 6.44. The Kier molecular flexibility index (Phi) is 8.11. The Morgan fingerprint density at radius 1 is 1.07 bits per heavy atom. The largest absolute Gasteiger partial charge is 0.495 e. The molecule has 0 aliphatic heterocycles. The summed E-state index contributed by atoms with van der Waals surface area (Å²) in [4.78, 5) is 26.8. The first-order chi connectivity index (χ1) is 13.4. The number of halogens is 2. The van der Waals surface area contributed by atoms with Crippen molar-refractivity contribution in [3.63, 3.8) is 0 Å². The fourth-order valence-electron chi connectivity index (χ4n) is 2.65. The van der Waals surface area contributed by atoms with Gasteiger partial charge in [-0.1, -0.05) is 48.3 Å². The molecular formula is C20H23Cl2N3O3. The van der Waals surface area contributed by atoms with Crippen molar-refractivity contribution in [2.24, 2.45) is 0 Å². The van der Waals surface area contributed by atoms with E-state index in [9.17, 15) is 9.59 Å². The number of methoxy groups -OCH3 is 1. The zero-order valence-corrected chi connectivity index (χ0v) is 17.5. The van der Waals surface area contributed by atoms with Crippen molar-refractivity contribution in [3.05, 3.63) is 52.5 Å². The van der Waals surface area contributed by atoms with E-state index in [0.717, 1.165) is 0 Å². The average molecular weight is 424 g/mol. The molecule has 1 atom stereocenters. The fraction of sp³-hybridized carbons (Fsp3) is 0.300. The molecule has 0 aromatic heterocycles. The molecule has 0 aliphatic carbocycles. The molecule has 8 heteroatoms. The highest BCUT2D eigenvalue weighted by atomic mass is 35.5. The molecule has 0 heterocycles. The molecule has 2 aromatic rings. The number of carbonyl (C=O) groups excluding carboxylic acids is 2. The van der Waals surface area contributed by atoms with Gasteiger partial charge < -0.3 is 15.4 Å². The lowest BCUT2D eigenvalue weighted by atomic mass is 10.2. The second kappa shape index (κ2) is 10.3. The van der Waals surface area contributed by atoms with Gasteiger partial charge in [0.1, 0.15) is 5.75 Å². The van der Waals surface area contributed by atoms with Crippen LogP contribution in [0.3, 0.4) is 0 Å². The van der Waals surface area contributed by atoms with Crippen LogP contribution in [-0.4, -0.2) is 43.0 Å². The number of anilines is 2. The molecule has 0 fully saturated rings. The second-order valence-electron chi connectivity index (χ2n) is 6.08. The molecule has 0 radical (unpaired) electrons. The Labute approximate surface area is 174 Å². The van der Waals surface area contributed by atoms with E-state index < -0.39 is 6.04 Å². The van der Waals surface area contributed by atoms with Crippen LogP contribution in [0.1, 0.15) is 13.8 Å². The van der Waals surface area contributed by atoms with E-state index in [2.05, 4.69) is 10.6 Å². The van der Waals surface area contributed by atoms with Crippen molar-refractivity contribution >= 4 is 46.4 Å². The molecule has 6 nitrogen and oxygen atoms in total. The first-order valence-corrected chi connectivity index (χ1v) is 9.54. The van der Waals surface area contributed by atoms with Crippen LogP contribution in [0, 0.1) is 0 Å². The quantitative estimate of drug-likeness (QED) is 0.664. The zero-order valence-electron chi connectivity index (χ0n) is 16.0. The number of hydrogen-bond acceptors (Lipinski definition) is 4. The van der Waals surface area contributed by atoms with Gasteiger partial charge in [0.05, 0.1) is 41.1 Å². The molecule has 2 rings (SSSR count). The lowest BCUT2D eigenvalue weighted by molar-refractivity contribution is -0.123. The summed E-state index contributed by atoms with van der Waals surface area (Å²) in [6, 6.07) is 11.6. The van der Waals surface area contributed by atoms with Crippen molar-refractivity contribution in [1.82, 2.24) is 4.90 Å². The van der Waals surface area contributed by atoms with E-state index in [1.54, 1.807) is 48.2 Å². The van der Waals surface area contributed by atoms with Crippen LogP contribution in [0.25, 0.3) is 0 Å². The van der Waals surface area contributed by atoms with E-state index in [0.29, 0.717) is 28.7 Å². The van der Waals surface area contributed by atoms with Crippen LogP contribution in [0.5, 0.6) is 5.75 Å².